The Balaban J connectivity index is 6.63. The van der Waals surface area contributed by atoms with Crippen molar-refractivity contribution >= 4 is 7.82 Å². The van der Waals surface area contributed by atoms with Crippen LogP contribution in [0.5, 0.6) is 0 Å². The van der Waals surface area contributed by atoms with E-state index in [0.717, 1.165) is 0 Å². The molecule has 0 bridgehead atoms. The van der Waals surface area contributed by atoms with E-state index in [1.165, 1.54) is 0 Å². The van der Waals surface area contributed by atoms with Crippen LogP contribution in [0.2, 0.25) is 0 Å². The molecule has 0 saturated heterocycles. The van der Waals surface area contributed by atoms with Crippen LogP contribution in [0, 0.1) is 0 Å². The zero-order valence-corrected chi connectivity index (χ0v) is 17.2. The average Bonchev–Trinajstić information content (AvgIpc) is 2.63. The molecule has 0 aromatic rings. The fourth-order valence-corrected chi connectivity index (χ4v) is 2.43. The quantitative estimate of drug-likeness (QED) is 0.198. The molecule has 1 unspecified atom stereocenters. The van der Waals surface area contributed by atoms with Crippen molar-refractivity contribution in [3.63, 3.8) is 0 Å². The molecule has 224 valence electrons. The van der Waals surface area contributed by atoms with E-state index in [-0.39, 0.29) is 0 Å². The van der Waals surface area contributed by atoms with Gasteiger partial charge < -0.3 is 14.9 Å². The first-order valence-electron chi connectivity index (χ1n) is 8.07. The van der Waals surface area contributed by atoms with Gasteiger partial charge in [-0.15, -0.1) is 0 Å². The van der Waals surface area contributed by atoms with Crippen molar-refractivity contribution in [3.8, 4) is 0 Å². The van der Waals surface area contributed by atoms with Gasteiger partial charge in [0.2, 0.25) is 0 Å². The fourth-order valence-electron chi connectivity index (χ4n) is 2.06. The molecule has 3 N–H and O–H groups in total. The van der Waals surface area contributed by atoms with E-state index in [2.05, 4.69) is 4.52 Å². The maximum Gasteiger partial charge on any atom is 0.469 e. The van der Waals surface area contributed by atoms with Crippen molar-refractivity contribution < 1.29 is 107 Å². The third-order valence-corrected chi connectivity index (χ3v) is 4.59. The van der Waals surface area contributed by atoms with E-state index in [1.54, 1.807) is 0 Å². The molecule has 0 amide bonds. The van der Waals surface area contributed by atoms with Crippen LogP contribution in [0.1, 0.15) is 6.42 Å². The van der Waals surface area contributed by atoms with Crippen LogP contribution in [0.3, 0.4) is 0 Å². The molecule has 0 saturated carbocycles. The lowest BCUT2D eigenvalue weighted by Crippen LogP contribution is -2.75. The first kappa shape index (κ1) is 35.7. The van der Waals surface area contributed by atoms with Crippen LogP contribution in [0.25, 0.3) is 0 Å². The second kappa shape index (κ2) is 9.44. The number of aliphatic hydroxyl groups excluding tert-OH is 1. The Kier molecular flexibility index (Phi) is 9.11. The summed E-state index contributed by atoms with van der Waals surface area (Å²) in [6.45, 7) is -2.19. The lowest BCUT2D eigenvalue weighted by atomic mass is 9.86. The Bertz CT molecular complexity index is 862. The first-order valence-corrected chi connectivity index (χ1v) is 9.60. The third-order valence-electron chi connectivity index (χ3n) is 4.11. The first-order chi connectivity index (χ1) is 15.6. The summed E-state index contributed by atoms with van der Waals surface area (Å²) in [5.74, 6) is -68.1. The number of hydrogen-bond acceptors (Lipinski definition) is 3. The van der Waals surface area contributed by atoms with Crippen molar-refractivity contribution in [1.29, 1.82) is 0 Å². The summed E-state index contributed by atoms with van der Waals surface area (Å²) in [6.07, 6.45) is -14.8. The molecular formula is C12H8F19O5P. The van der Waals surface area contributed by atoms with Gasteiger partial charge >= 0.3 is 61.4 Å². The number of halogens is 19. The second-order valence-corrected chi connectivity index (χ2v) is 8.11. The summed E-state index contributed by atoms with van der Waals surface area (Å²) in [4.78, 5) is 16.4. The molecule has 0 radical (unpaired) electrons. The molecule has 1 atom stereocenters. The Morgan fingerprint density at radius 2 is 0.811 bits per heavy atom. The van der Waals surface area contributed by atoms with E-state index in [0.29, 0.717) is 0 Å². The molecule has 5 nitrogen and oxygen atoms in total. The molecule has 0 spiro atoms. The topological polar surface area (TPSA) is 87.0 Å². The Morgan fingerprint density at radius 1 is 0.541 bits per heavy atom. The van der Waals surface area contributed by atoms with Crippen LogP contribution in [0.15, 0.2) is 0 Å². The third kappa shape index (κ3) is 5.57. The van der Waals surface area contributed by atoms with E-state index in [9.17, 15) is 88.0 Å². The van der Waals surface area contributed by atoms with Gasteiger partial charge in [-0.1, -0.05) is 0 Å². The summed E-state index contributed by atoms with van der Waals surface area (Å²) in [5.41, 5.74) is 0. The molecule has 25 heteroatoms. The molecular weight excluding hydrogens is 616 g/mol. The number of hydrogen-bond donors (Lipinski definition) is 3. The molecule has 37 heavy (non-hydrogen) atoms. The van der Waals surface area contributed by atoms with E-state index >= 15 is 0 Å². The highest BCUT2D eigenvalue weighted by molar-refractivity contribution is 7.46. The van der Waals surface area contributed by atoms with Gasteiger partial charge in [0.25, 0.3) is 0 Å². The smallest absolute Gasteiger partial charge is 0.390 e. The predicted octanol–water partition coefficient (Wildman–Crippen LogP) is 5.49. The van der Waals surface area contributed by atoms with Crippen LogP contribution < -0.4 is 0 Å². The standard InChI is InChI=1S/C12H8F19O5P/c13-4(14,1-3(32)2-36-37(33,34)35)5(15,16)6(17,18)7(19,20)8(21,22)9(23,24)10(25,26)11(27,28)12(29,30)31/h3,32H,1-2H2,(H2,33,34,35). The van der Waals surface area contributed by atoms with E-state index in [1.807, 2.05) is 0 Å². The average molecular weight is 624 g/mol. The maximum absolute atomic E-state index is 13.6. The highest BCUT2D eigenvalue weighted by Crippen LogP contribution is 2.65. The van der Waals surface area contributed by atoms with Gasteiger partial charge in [-0.05, 0) is 0 Å². The highest BCUT2D eigenvalue weighted by atomic mass is 31.2. The Labute approximate surface area is 189 Å². The van der Waals surface area contributed by atoms with Crippen LogP contribution >= 0.6 is 7.82 Å². The zero-order chi connectivity index (χ0) is 30.7. The van der Waals surface area contributed by atoms with Crippen LogP contribution in [-0.2, 0) is 9.09 Å². The summed E-state index contributed by atoms with van der Waals surface area (Å²) in [6, 6.07) is 0. The summed E-state index contributed by atoms with van der Waals surface area (Å²) in [7, 11) is -5.72. The van der Waals surface area contributed by atoms with Gasteiger partial charge in [0.05, 0.1) is 12.7 Å². The lowest BCUT2D eigenvalue weighted by molar-refractivity contribution is -0.469. The minimum atomic E-state index is -9.07. The molecule has 0 aliphatic heterocycles. The molecule has 0 aliphatic rings. The Hall–Kier alpha value is -1.26. The molecule has 0 aromatic carbocycles. The second-order valence-electron chi connectivity index (χ2n) is 6.87. The monoisotopic (exact) mass is 624 g/mol. The minimum Gasteiger partial charge on any atom is -0.390 e. The van der Waals surface area contributed by atoms with Crippen LogP contribution in [0.4, 0.5) is 83.4 Å². The number of phosphoric acid groups is 1. The van der Waals surface area contributed by atoms with Gasteiger partial charge in [0, 0.05) is 6.42 Å². The fraction of sp³-hybridized carbons (Fsp3) is 1.00. The Morgan fingerprint density at radius 3 is 1.08 bits per heavy atom. The van der Waals surface area contributed by atoms with Crippen molar-refractivity contribution in [3.05, 3.63) is 0 Å². The minimum absolute atomic E-state index is 2.19. The van der Waals surface area contributed by atoms with Crippen LogP contribution in [-0.4, -0.2) is 81.2 Å². The number of alkyl halides is 19. The van der Waals surface area contributed by atoms with Crippen molar-refractivity contribution in [1.82, 2.24) is 0 Å². The SMILES string of the molecule is O=P(O)(O)OCC(O)CC(F)(F)C(F)(F)C(F)(F)C(F)(F)C(F)(F)C(F)(F)C(F)(F)C(F)(F)C(F)(F)F. The summed E-state index contributed by atoms with van der Waals surface area (Å²) >= 11 is 0. The zero-order valence-electron chi connectivity index (χ0n) is 16.3. The van der Waals surface area contributed by atoms with Gasteiger partial charge in [0.1, 0.15) is 0 Å². The molecule has 0 fully saturated rings. The van der Waals surface area contributed by atoms with Crippen molar-refractivity contribution in [2.24, 2.45) is 0 Å². The van der Waals surface area contributed by atoms with Gasteiger partial charge in [-0.3, -0.25) is 4.52 Å². The largest absolute Gasteiger partial charge is 0.469 e. The molecule has 0 rings (SSSR count). The number of rotatable bonds is 12. The molecule has 0 heterocycles. The summed E-state index contributed by atoms with van der Waals surface area (Å²) < 4.78 is 263. The maximum atomic E-state index is 13.6. The van der Waals surface area contributed by atoms with Crippen molar-refractivity contribution in [2.75, 3.05) is 6.61 Å². The molecule has 0 aromatic heterocycles. The molecule has 0 aliphatic carbocycles. The number of aliphatic hydroxyl groups is 1. The van der Waals surface area contributed by atoms with Gasteiger partial charge in [-0.25, -0.2) is 4.57 Å². The van der Waals surface area contributed by atoms with Crippen molar-refractivity contribution in [2.45, 2.75) is 66.1 Å². The van der Waals surface area contributed by atoms with E-state index in [4.69, 9.17) is 14.9 Å². The van der Waals surface area contributed by atoms with Gasteiger partial charge in [0.15, 0.2) is 0 Å². The number of phosphoric ester groups is 1. The van der Waals surface area contributed by atoms with E-state index < -0.39 is 80.5 Å². The predicted molar refractivity (Wildman–Crippen MR) is 74.3 cm³/mol. The highest BCUT2D eigenvalue weighted by Gasteiger charge is 2.96. The van der Waals surface area contributed by atoms with Gasteiger partial charge in [-0.2, -0.15) is 83.4 Å². The normalized spacial score (nSPS) is 17.2. The summed E-state index contributed by atoms with van der Waals surface area (Å²) in [5, 5.41) is 8.87. The lowest BCUT2D eigenvalue weighted by Gasteiger charge is -2.44.